The van der Waals surface area contributed by atoms with Crippen LogP contribution in [0.15, 0.2) is 54.6 Å². The van der Waals surface area contributed by atoms with Gasteiger partial charge in [-0.2, -0.15) is 0 Å². The number of aryl methyl sites for hydroxylation is 1. The maximum Gasteiger partial charge on any atom is 0.232 e. The van der Waals surface area contributed by atoms with Crippen LogP contribution in [0.25, 0.3) is 0 Å². The lowest BCUT2D eigenvalue weighted by Gasteiger charge is -2.20. The van der Waals surface area contributed by atoms with Gasteiger partial charge in [0.1, 0.15) is 6.42 Å². The number of hydrogen-bond acceptors (Lipinski definition) is 2. The topological polar surface area (TPSA) is 49.4 Å². The minimum Gasteiger partial charge on any atom is -0.352 e. The molecule has 126 valence electrons. The second-order valence-electron chi connectivity index (χ2n) is 5.84. The van der Waals surface area contributed by atoms with Crippen LogP contribution in [0.4, 0.5) is 0 Å². The van der Waals surface area contributed by atoms with Gasteiger partial charge in [-0.25, -0.2) is 0 Å². The van der Waals surface area contributed by atoms with Crippen LogP contribution >= 0.6 is 0 Å². The Hall–Kier alpha value is -2.62. The summed E-state index contributed by atoms with van der Waals surface area (Å²) in [6.07, 6.45) is -0.119. The highest BCUT2D eigenvalue weighted by molar-refractivity contribution is 5.96. The van der Waals surface area contributed by atoms with Crippen LogP contribution in [0.5, 0.6) is 0 Å². The van der Waals surface area contributed by atoms with E-state index in [0.717, 1.165) is 16.7 Å². The molecule has 0 saturated carbocycles. The molecule has 0 saturated heterocycles. The molecule has 0 radical (unpaired) electrons. The highest BCUT2D eigenvalue weighted by atomic mass is 16.2. The van der Waals surface area contributed by atoms with Gasteiger partial charge >= 0.3 is 0 Å². The first-order chi connectivity index (χ1) is 11.6. The molecule has 2 rings (SSSR count). The minimum atomic E-state index is -0.243. The number of nitrogens with zero attached hydrogens (tertiary/aromatic N) is 1. The fraction of sp³-hybridized carbons (Fsp3) is 0.300. The molecule has 0 aliphatic rings. The van der Waals surface area contributed by atoms with Crippen molar-refractivity contribution in [1.82, 2.24) is 10.2 Å². The van der Waals surface area contributed by atoms with Gasteiger partial charge in [0.05, 0.1) is 0 Å². The van der Waals surface area contributed by atoms with E-state index in [1.165, 1.54) is 0 Å². The van der Waals surface area contributed by atoms with E-state index in [1.807, 2.05) is 68.4 Å². The monoisotopic (exact) mass is 324 g/mol. The van der Waals surface area contributed by atoms with E-state index in [1.54, 1.807) is 4.90 Å². The van der Waals surface area contributed by atoms with Gasteiger partial charge in [-0.3, -0.25) is 9.59 Å². The van der Waals surface area contributed by atoms with Crippen molar-refractivity contribution in [3.8, 4) is 0 Å². The van der Waals surface area contributed by atoms with E-state index in [-0.39, 0.29) is 18.2 Å². The van der Waals surface area contributed by atoms with Gasteiger partial charge in [-0.15, -0.1) is 0 Å². The molecule has 0 aliphatic heterocycles. The van der Waals surface area contributed by atoms with Gasteiger partial charge < -0.3 is 10.2 Å². The molecule has 0 atom stereocenters. The van der Waals surface area contributed by atoms with Crippen molar-refractivity contribution in [3.05, 3.63) is 71.3 Å². The zero-order valence-electron chi connectivity index (χ0n) is 14.3. The maximum absolute atomic E-state index is 12.3. The van der Waals surface area contributed by atoms with Gasteiger partial charge in [-0.05, 0) is 25.0 Å². The van der Waals surface area contributed by atoms with Crippen LogP contribution in [0.1, 0.15) is 30.0 Å². The van der Waals surface area contributed by atoms with Gasteiger partial charge in [0.2, 0.25) is 11.8 Å². The SMILES string of the molecule is CCN(Cc1ccccc1)C(=O)CC(=O)NCc1cccc(C)c1. The van der Waals surface area contributed by atoms with Crippen LogP contribution < -0.4 is 5.32 Å². The van der Waals surface area contributed by atoms with Gasteiger partial charge in [-0.1, -0.05) is 60.2 Å². The van der Waals surface area contributed by atoms with Crippen molar-refractivity contribution in [1.29, 1.82) is 0 Å². The van der Waals surface area contributed by atoms with Crippen LogP contribution in [0.3, 0.4) is 0 Å². The normalized spacial score (nSPS) is 10.2. The average molecular weight is 324 g/mol. The molecule has 4 nitrogen and oxygen atoms in total. The Morgan fingerprint density at radius 2 is 1.71 bits per heavy atom. The Morgan fingerprint density at radius 3 is 2.38 bits per heavy atom. The average Bonchev–Trinajstić information content (AvgIpc) is 2.58. The maximum atomic E-state index is 12.3. The third-order valence-electron chi connectivity index (χ3n) is 3.83. The Labute approximate surface area is 143 Å². The molecular formula is C20H24N2O2. The first-order valence-corrected chi connectivity index (χ1v) is 8.22. The molecule has 0 heterocycles. The molecule has 2 aromatic carbocycles. The summed E-state index contributed by atoms with van der Waals surface area (Å²) < 4.78 is 0. The molecule has 0 bridgehead atoms. The minimum absolute atomic E-state index is 0.119. The number of carbonyl (C=O) groups is 2. The summed E-state index contributed by atoms with van der Waals surface area (Å²) in [7, 11) is 0. The Balaban J connectivity index is 1.84. The van der Waals surface area contributed by atoms with Crippen molar-refractivity contribution < 1.29 is 9.59 Å². The highest BCUT2D eigenvalue weighted by Gasteiger charge is 2.16. The number of nitrogens with one attached hydrogen (secondary N) is 1. The largest absolute Gasteiger partial charge is 0.352 e. The summed E-state index contributed by atoms with van der Waals surface area (Å²) in [6.45, 7) is 5.49. The summed E-state index contributed by atoms with van der Waals surface area (Å²) in [4.78, 5) is 26.0. The van der Waals surface area contributed by atoms with E-state index in [4.69, 9.17) is 0 Å². The third kappa shape index (κ3) is 5.54. The van der Waals surface area contributed by atoms with E-state index in [9.17, 15) is 9.59 Å². The zero-order chi connectivity index (χ0) is 17.4. The quantitative estimate of drug-likeness (QED) is 0.796. The van der Waals surface area contributed by atoms with Crippen LogP contribution in [-0.2, 0) is 22.7 Å². The smallest absolute Gasteiger partial charge is 0.232 e. The predicted molar refractivity (Wildman–Crippen MR) is 95.2 cm³/mol. The first kappa shape index (κ1) is 17.7. The Bertz CT molecular complexity index is 683. The molecule has 0 aromatic heterocycles. The van der Waals surface area contributed by atoms with Crippen LogP contribution in [-0.4, -0.2) is 23.3 Å². The lowest BCUT2D eigenvalue weighted by atomic mass is 10.1. The molecule has 24 heavy (non-hydrogen) atoms. The summed E-state index contributed by atoms with van der Waals surface area (Å²) in [5, 5.41) is 2.81. The molecule has 2 aromatic rings. The highest BCUT2D eigenvalue weighted by Crippen LogP contribution is 2.07. The lowest BCUT2D eigenvalue weighted by Crippen LogP contribution is -2.35. The zero-order valence-corrected chi connectivity index (χ0v) is 14.3. The molecule has 0 unspecified atom stereocenters. The molecular weight excluding hydrogens is 300 g/mol. The van der Waals surface area contributed by atoms with Crippen LogP contribution in [0.2, 0.25) is 0 Å². The fourth-order valence-electron chi connectivity index (χ4n) is 2.51. The Kier molecular flexibility index (Phi) is 6.55. The number of carbonyl (C=O) groups excluding carboxylic acids is 2. The van der Waals surface area contributed by atoms with Crippen molar-refractivity contribution in [3.63, 3.8) is 0 Å². The van der Waals surface area contributed by atoms with E-state index < -0.39 is 0 Å². The van der Waals surface area contributed by atoms with Crippen molar-refractivity contribution >= 4 is 11.8 Å². The predicted octanol–water partition coefficient (Wildman–Crippen LogP) is 3.05. The summed E-state index contributed by atoms with van der Waals surface area (Å²) in [5.41, 5.74) is 3.25. The van der Waals surface area contributed by atoms with Crippen molar-refractivity contribution in [2.24, 2.45) is 0 Å². The Morgan fingerprint density at radius 1 is 1.00 bits per heavy atom. The first-order valence-electron chi connectivity index (χ1n) is 8.22. The fourth-order valence-corrected chi connectivity index (χ4v) is 2.51. The molecule has 0 aliphatic carbocycles. The number of hydrogen-bond donors (Lipinski definition) is 1. The van der Waals surface area contributed by atoms with E-state index >= 15 is 0 Å². The second-order valence-corrected chi connectivity index (χ2v) is 5.84. The molecule has 1 N–H and O–H groups in total. The molecule has 0 fully saturated rings. The summed E-state index contributed by atoms with van der Waals surface area (Å²) >= 11 is 0. The van der Waals surface area contributed by atoms with Gasteiger partial charge in [0.15, 0.2) is 0 Å². The molecule has 4 heteroatoms. The van der Waals surface area contributed by atoms with Crippen LogP contribution in [0, 0.1) is 6.92 Å². The standard InChI is InChI=1S/C20H24N2O2/c1-3-22(15-17-9-5-4-6-10-17)20(24)13-19(23)21-14-18-11-7-8-16(2)12-18/h4-12H,3,13-15H2,1-2H3,(H,21,23). The number of rotatable bonds is 7. The third-order valence-corrected chi connectivity index (χ3v) is 3.83. The lowest BCUT2D eigenvalue weighted by molar-refractivity contribution is -0.136. The number of amides is 2. The molecule has 2 amide bonds. The summed E-state index contributed by atoms with van der Waals surface area (Å²) in [6, 6.07) is 17.8. The van der Waals surface area contributed by atoms with E-state index in [0.29, 0.717) is 19.6 Å². The number of benzene rings is 2. The van der Waals surface area contributed by atoms with E-state index in [2.05, 4.69) is 5.32 Å². The van der Waals surface area contributed by atoms with Gasteiger partial charge in [0.25, 0.3) is 0 Å². The second kappa shape index (κ2) is 8.87. The van der Waals surface area contributed by atoms with Crippen molar-refractivity contribution in [2.45, 2.75) is 33.4 Å². The van der Waals surface area contributed by atoms with Crippen molar-refractivity contribution in [2.75, 3.05) is 6.54 Å². The van der Waals surface area contributed by atoms with Gasteiger partial charge in [0, 0.05) is 19.6 Å². The molecule has 0 spiro atoms. The summed E-state index contributed by atoms with van der Waals surface area (Å²) in [5.74, 6) is -0.392.